The number of nitrogens with zero attached hydrogens (tertiary/aromatic N) is 2. The Morgan fingerprint density at radius 1 is 1.59 bits per heavy atom. The Labute approximate surface area is 96.0 Å². The lowest BCUT2D eigenvalue weighted by molar-refractivity contribution is -0.144. The predicted octanol–water partition coefficient (Wildman–Crippen LogP) is 2.18. The van der Waals surface area contributed by atoms with Crippen LogP contribution < -0.4 is 0 Å². The van der Waals surface area contributed by atoms with Gasteiger partial charge in [-0.2, -0.15) is 18.3 Å². The summed E-state index contributed by atoms with van der Waals surface area (Å²) in [5.41, 5.74) is -0.693. The van der Waals surface area contributed by atoms with Crippen molar-refractivity contribution >= 4 is 5.97 Å². The summed E-state index contributed by atoms with van der Waals surface area (Å²) < 4.78 is 38.5. The summed E-state index contributed by atoms with van der Waals surface area (Å²) in [6.07, 6.45) is -4.47. The van der Waals surface area contributed by atoms with Crippen LogP contribution in [0.5, 0.6) is 0 Å². The Kier molecular flexibility index (Phi) is 3.79. The number of carboxylic acid groups (broad SMARTS) is 1. The summed E-state index contributed by atoms with van der Waals surface area (Å²) in [6.45, 7) is 3.07. The summed E-state index contributed by atoms with van der Waals surface area (Å²) in [5, 5.41) is 12.4. The number of aliphatic carboxylic acids is 1. The van der Waals surface area contributed by atoms with Crippen molar-refractivity contribution in [3.05, 3.63) is 17.5 Å². The number of hydrogen-bond acceptors (Lipinski definition) is 2. The molecule has 0 saturated carbocycles. The molecule has 1 aromatic rings. The molecule has 0 aliphatic heterocycles. The zero-order chi connectivity index (χ0) is 13.2. The van der Waals surface area contributed by atoms with Gasteiger partial charge in [0.1, 0.15) is 5.69 Å². The summed E-state index contributed by atoms with van der Waals surface area (Å²) >= 11 is 0. The first kappa shape index (κ1) is 13.5. The summed E-state index contributed by atoms with van der Waals surface area (Å²) in [6, 6.07) is 0.906. The molecule has 7 heteroatoms. The van der Waals surface area contributed by atoms with Crippen LogP contribution in [0.1, 0.15) is 25.2 Å². The summed E-state index contributed by atoms with van der Waals surface area (Å²) in [4.78, 5) is 10.6. The highest BCUT2D eigenvalue weighted by Gasteiger charge is 2.35. The first-order valence-electron chi connectivity index (χ1n) is 5.12. The van der Waals surface area contributed by atoms with Gasteiger partial charge in [-0.15, -0.1) is 0 Å². The minimum absolute atomic E-state index is 0.00852. The molecule has 17 heavy (non-hydrogen) atoms. The van der Waals surface area contributed by atoms with Gasteiger partial charge in [0.2, 0.25) is 0 Å². The van der Waals surface area contributed by atoms with Crippen LogP contribution in [0.25, 0.3) is 0 Å². The number of rotatable bonds is 4. The number of aryl methyl sites for hydroxylation is 1. The van der Waals surface area contributed by atoms with E-state index in [0.717, 1.165) is 10.7 Å². The molecule has 0 radical (unpaired) electrons. The topological polar surface area (TPSA) is 55.1 Å². The van der Waals surface area contributed by atoms with E-state index >= 15 is 0 Å². The Balaban J connectivity index is 2.97. The van der Waals surface area contributed by atoms with Crippen molar-refractivity contribution in [3.8, 4) is 0 Å². The third-order valence-corrected chi connectivity index (χ3v) is 2.36. The fraction of sp³-hybridized carbons (Fsp3) is 0.600. The van der Waals surface area contributed by atoms with Crippen molar-refractivity contribution in [2.45, 2.75) is 33.0 Å². The molecule has 1 rings (SSSR count). The molecule has 0 spiro atoms. The lowest BCUT2D eigenvalue weighted by Gasteiger charge is -2.07. The highest BCUT2D eigenvalue weighted by Crippen LogP contribution is 2.30. The summed E-state index contributed by atoms with van der Waals surface area (Å²) in [7, 11) is 0. The van der Waals surface area contributed by atoms with Crippen LogP contribution in [-0.4, -0.2) is 20.9 Å². The second-order valence-corrected chi connectivity index (χ2v) is 3.78. The van der Waals surface area contributed by atoms with E-state index in [2.05, 4.69) is 5.10 Å². The van der Waals surface area contributed by atoms with Crippen molar-refractivity contribution in [1.82, 2.24) is 9.78 Å². The van der Waals surface area contributed by atoms with Crippen molar-refractivity contribution in [3.63, 3.8) is 0 Å². The maximum absolute atomic E-state index is 12.6. The average molecular weight is 250 g/mol. The van der Waals surface area contributed by atoms with Gasteiger partial charge in [-0.05, 0) is 13.0 Å². The number of carbonyl (C=O) groups is 1. The molecule has 0 aromatic carbocycles. The number of aromatic nitrogens is 2. The van der Waals surface area contributed by atoms with E-state index in [9.17, 15) is 18.0 Å². The molecule has 1 unspecified atom stereocenters. The molecule has 1 heterocycles. The van der Waals surface area contributed by atoms with Gasteiger partial charge in [-0.3, -0.25) is 9.48 Å². The smallest absolute Gasteiger partial charge is 0.433 e. The molecule has 0 bridgehead atoms. The van der Waals surface area contributed by atoms with Crippen LogP contribution >= 0.6 is 0 Å². The Morgan fingerprint density at radius 3 is 2.53 bits per heavy atom. The minimum atomic E-state index is -4.46. The fourth-order valence-corrected chi connectivity index (χ4v) is 1.44. The third-order valence-electron chi connectivity index (χ3n) is 2.36. The Morgan fingerprint density at radius 2 is 2.18 bits per heavy atom. The summed E-state index contributed by atoms with van der Waals surface area (Å²) in [5.74, 6) is -1.80. The van der Waals surface area contributed by atoms with Crippen LogP contribution in [0, 0.1) is 5.92 Å². The Bertz CT molecular complexity index is 412. The molecule has 0 fully saturated rings. The SMILES string of the molecule is CCn1nc(CC(C)C(=O)O)cc1C(F)(F)F. The highest BCUT2D eigenvalue weighted by molar-refractivity contribution is 5.69. The average Bonchev–Trinajstić information content (AvgIpc) is 2.60. The van der Waals surface area contributed by atoms with Gasteiger partial charge in [-0.25, -0.2) is 0 Å². The molecule has 1 atom stereocenters. The van der Waals surface area contributed by atoms with Crippen LogP contribution in [0.4, 0.5) is 13.2 Å². The molecule has 0 aliphatic carbocycles. The molecule has 0 aliphatic rings. The van der Waals surface area contributed by atoms with Gasteiger partial charge >= 0.3 is 12.1 Å². The molecule has 0 amide bonds. The predicted molar refractivity (Wildman–Crippen MR) is 53.4 cm³/mol. The van der Waals surface area contributed by atoms with E-state index in [4.69, 9.17) is 5.11 Å². The highest BCUT2D eigenvalue weighted by atomic mass is 19.4. The van der Waals surface area contributed by atoms with Crippen molar-refractivity contribution in [1.29, 1.82) is 0 Å². The molecule has 1 aromatic heterocycles. The normalized spacial score (nSPS) is 13.7. The molecular formula is C10H13F3N2O2. The van der Waals surface area contributed by atoms with Crippen molar-refractivity contribution < 1.29 is 23.1 Å². The Hall–Kier alpha value is -1.53. The first-order chi connectivity index (χ1) is 7.75. The van der Waals surface area contributed by atoms with Crippen molar-refractivity contribution in [2.75, 3.05) is 0 Å². The van der Waals surface area contributed by atoms with E-state index in [-0.39, 0.29) is 18.7 Å². The van der Waals surface area contributed by atoms with Gasteiger partial charge in [0.05, 0.1) is 11.6 Å². The molecule has 96 valence electrons. The lowest BCUT2D eigenvalue weighted by atomic mass is 10.1. The van der Waals surface area contributed by atoms with E-state index < -0.39 is 23.8 Å². The van der Waals surface area contributed by atoms with Gasteiger partial charge in [0.25, 0.3) is 0 Å². The zero-order valence-electron chi connectivity index (χ0n) is 9.45. The number of alkyl halides is 3. The lowest BCUT2D eigenvalue weighted by Crippen LogP contribution is -2.14. The van der Waals surface area contributed by atoms with E-state index in [1.54, 1.807) is 6.92 Å². The third kappa shape index (κ3) is 3.21. The monoisotopic (exact) mass is 250 g/mol. The van der Waals surface area contributed by atoms with Gasteiger partial charge in [0, 0.05) is 13.0 Å². The van der Waals surface area contributed by atoms with Gasteiger partial charge < -0.3 is 5.11 Å². The van der Waals surface area contributed by atoms with Crippen LogP contribution in [0.3, 0.4) is 0 Å². The van der Waals surface area contributed by atoms with Crippen LogP contribution in [0.15, 0.2) is 6.07 Å². The second-order valence-electron chi connectivity index (χ2n) is 3.78. The minimum Gasteiger partial charge on any atom is -0.481 e. The van der Waals surface area contributed by atoms with E-state index in [1.165, 1.54) is 6.92 Å². The molecule has 0 saturated heterocycles. The second kappa shape index (κ2) is 4.77. The standard InChI is InChI=1S/C10H13F3N2O2/c1-3-15-8(10(11,12)13)5-7(14-15)4-6(2)9(16)17/h5-6H,3-4H2,1-2H3,(H,16,17). The number of halogens is 3. The number of carboxylic acids is 1. The van der Waals surface area contributed by atoms with Crippen LogP contribution in [0.2, 0.25) is 0 Å². The number of hydrogen-bond donors (Lipinski definition) is 1. The molecular weight excluding hydrogens is 237 g/mol. The van der Waals surface area contributed by atoms with E-state index in [1.807, 2.05) is 0 Å². The largest absolute Gasteiger partial charge is 0.481 e. The molecule has 1 N–H and O–H groups in total. The van der Waals surface area contributed by atoms with Crippen LogP contribution in [-0.2, 0) is 23.9 Å². The molecule has 4 nitrogen and oxygen atoms in total. The van der Waals surface area contributed by atoms with E-state index in [0.29, 0.717) is 0 Å². The quantitative estimate of drug-likeness (QED) is 0.891. The fourth-order valence-electron chi connectivity index (χ4n) is 1.44. The van der Waals surface area contributed by atoms with Crippen molar-refractivity contribution in [2.24, 2.45) is 5.92 Å². The van der Waals surface area contributed by atoms with Gasteiger partial charge in [0.15, 0.2) is 0 Å². The zero-order valence-corrected chi connectivity index (χ0v) is 9.45. The maximum atomic E-state index is 12.6. The first-order valence-corrected chi connectivity index (χ1v) is 5.12. The van der Waals surface area contributed by atoms with Gasteiger partial charge in [-0.1, -0.05) is 6.92 Å². The maximum Gasteiger partial charge on any atom is 0.433 e.